The van der Waals surface area contributed by atoms with Gasteiger partial charge in [-0.15, -0.1) is 0 Å². The topological polar surface area (TPSA) is 85.8 Å². The van der Waals surface area contributed by atoms with Gasteiger partial charge >= 0.3 is 11.9 Å². The maximum Gasteiger partial charge on any atom is 0.362 e. The van der Waals surface area contributed by atoms with Crippen LogP contribution in [0.4, 0.5) is 0 Å². The molecule has 0 fully saturated rings. The van der Waals surface area contributed by atoms with E-state index >= 15 is 0 Å². The first-order chi connectivity index (χ1) is 16.1. The number of nitrogens with zero attached hydrogens (tertiary/aromatic N) is 2. The highest BCUT2D eigenvalue weighted by Crippen LogP contribution is 2.28. The van der Waals surface area contributed by atoms with Crippen LogP contribution in [0.2, 0.25) is 0 Å². The van der Waals surface area contributed by atoms with E-state index in [1.54, 1.807) is 41.3 Å². The van der Waals surface area contributed by atoms with Gasteiger partial charge in [-0.2, -0.15) is 0 Å². The van der Waals surface area contributed by atoms with E-state index in [2.05, 4.69) is 4.98 Å². The molecular weight excluding hydrogens is 432 g/mol. The minimum atomic E-state index is -0.602. The molecule has 174 valence electrons. The standard InChI is InChI=1S/C27H26N2O5/c1-17-14-18(10-11-20(17)25(31)34-27(2,3)4)15-29-16-22-21(24(29)30)12-13-28-23(22)26(32)33-19-8-6-5-7-9-19/h5-14H,15-16H2,1-4H3. The molecule has 1 amide bonds. The number of para-hydroxylation sites is 1. The fourth-order valence-corrected chi connectivity index (χ4v) is 3.84. The molecule has 0 saturated heterocycles. The van der Waals surface area contributed by atoms with Crippen LogP contribution in [0.15, 0.2) is 60.8 Å². The summed E-state index contributed by atoms with van der Waals surface area (Å²) in [5.74, 6) is -0.752. The monoisotopic (exact) mass is 458 g/mol. The third kappa shape index (κ3) is 4.98. The Morgan fingerprint density at radius 1 is 1.03 bits per heavy atom. The molecule has 0 saturated carbocycles. The number of aromatic nitrogens is 1. The van der Waals surface area contributed by atoms with Gasteiger partial charge in [0.15, 0.2) is 5.69 Å². The molecule has 1 aromatic heterocycles. The highest BCUT2D eigenvalue weighted by Gasteiger charge is 2.32. The summed E-state index contributed by atoms with van der Waals surface area (Å²) in [6, 6.07) is 15.8. The van der Waals surface area contributed by atoms with Crippen LogP contribution >= 0.6 is 0 Å². The van der Waals surface area contributed by atoms with Gasteiger partial charge in [0.25, 0.3) is 5.91 Å². The van der Waals surface area contributed by atoms with Crippen molar-refractivity contribution in [2.45, 2.75) is 46.4 Å². The number of aryl methyl sites for hydroxylation is 1. The summed E-state index contributed by atoms with van der Waals surface area (Å²) in [6.45, 7) is 7.88. The highest BCUT2D eigenvalue weighted by molar-refractivity contribution is 6.02. The maximum atomic E-state index is 13.0. The molecule has 0 spiro atoms. The number of carbonyl (C=O) groups is 3. The molecule has 2 heterocycles. The second-order valence-electron chi connectivity index (χ2n) is 9.20. The molecule has 4 rings (SSSR count). The number of ether oxygens (including phenoxy) is 2. The summed E-state index contributed by atoms with van der Waals surface area (Å²) in [5.41, 5.74) is 2.67. The van der Waals surface area contributed by atoms with E-state index in [1.165, 1.54) is 6.20 Å². The Bertz CT molecular complexity index is 1260. The molecule has 34 heavy (non-hydrogen) atoms. The average molecular weight is 459 g/mol. The van der Waals surface area contributed by atoms with Crippen molar-refractivity contribution in [1.82, 2.24) is 9.88 Å². The van der Waals surface area contributed by atoms with Gasteiger partial charge < -0.3 is 14.4 Å². The fourth-order valence-electron chi connectivity index (χ4n) is 3.84. The first kappa shape index (κ1) is 23.2. The van der Waals surface area contributed by atoms with E-state index in [4.69, 9.17) is 9.47 Å². The largest absolute Gasteiger partial charge is 0.456 e. The number of hydrogen-bond donors (Lipinski definition) is 0. The predicted molar refractivity (Wildman–Crippen MR) is 126 cm³/mol. The number of rotatable bonds is 5. The Labute approximate surface area is 198 Å². The molecule has 7 heteroatoms. The molecule has 0 aliphatic carbocycles. The van der Waals surface area contributed by atoms with Gasteiger partial charge in [-0.25, -0.2) is 14.6 Å². The van der Waals surface area contributed by atoms with Gasteiger partial charge in [-0.3, -0.25) is 4.79 Å². The lowest BCUT2D eigenvalue weighted by Gasteiger charge is -2.21. The quantitative estimate of drug-likeness (QED) is 0.406. The molecule has 7 nitrogen and oxygen atoms in total. The molecule has 0 unspecified atom stereocenters. The van der Waals surface area contributed by atoms with Crippen LogP contribution < -0.4 is 4.74 Å². The number of hydrogen-bond acceptors (Lipinski definition) is 6. The van der Waals surface area contributed by atoms with Crippen molar-refractivity contribution in [1.29, 1.82) is 0 Å². The summed E-state index contributed by atoms with van der Waals surface area (Å²) >= 11 is 0. The number of benzene rings is 2. The van der Waals surface area contributed by atoms with Crippen molar-refractivity contribution < 1.29 is 23.9 Å². The van der Waals surface area contributed by atoms with E-state index < -0.39 is 11.6 Å². The van der Waals surface area contributed by atoms with Gasteiger partial charge in [0.1, 0.15) is 11.4 Å². The lowest BCUT2D eigenvalue weighted by Crippen LogP contribution is -2.25. The summed E-state index contributed by atoms with van der Waals surface area (Å²) in [7, 11) is 0. The van der Waals surface area contributed by atoms with Crippen LogP contribution in [0.5, 0.6) is 5.75 Å². The van der Waals surface area contributed by atoms with Crippen LogP contribution in [-0.2, 0) is 17.8 Å². The van der Waals surface area contributed by atoms with Crippen LogP contribution in [0.3, 0.4) is 0 Å². The number of esters is 2. The molecule has 0 radical (unpaired) electrons. The molecule has 0 N–H and O–H groups in total. The van der Waals surface area contributed by atoms with Crippen LogP contribution in [0.1, 0.15) is 68.7 Å². The van der Waals surface area contributed by atoms with Gasteiger partial charge in [-0.1, -0.05) is 30.3 Å². The van der Waals surface area contributed by atoms with Crippen LogP contribution in [-0.4, -0.2) is 33.3 Å². The predicted octanol–water partition coefficient (Wildman–Crippen LogP) is 4.72. The molecule has 2 aromatic carbocycles. The van der Waals surface area contributed by atoms with Crippen LogP contribution in [0, 0.1) is 6.92 Å². The van der Waals surface area contributed by atoms with Crippen molar-refractivity contribution in [3.63, 3.8) is 0 Å². The number of pyridine rings is 1. The van der Waals surface area contributed by atoms with E-state index in [-0.39, 0.29) is 24.1 Å². The first-order valence-corrected chi connectivity index (χ1v) is 11.0. The highest BCUT2D eigenvalue weighted by atomic mass is 16.6. The van der Waals surface area contributed by atoms with Gasteiger partial charge in [-0.05, 0) is 63.1 Å². The maximum absolute atomic E-state index is 13.0. The Balaban J connectivity index is 1.51. The summed E-state index contributed by atoms with van der Waals surface area (Å²) in [5, 5.41) is 0. The number of amides is 1. The molecular formula is C27H26N2O5. The average Bonchev–Trinajstić information content (AvgIpc) is 3.08. The zero-order chi connectivity index (χ0) is 24.5. The summed E-state index contributed by atoms with van der Waals surface area (Å²) in [4.78, 5) is 44.0. The van der Waals surface area contributed by atoms with E-state index in [1.807, 2.05) is 45.9 Å². The molecule has 1 aliphatic rings. The Morgan fingerprint density at radius 3 is 2.44 bits per heavy atom. The SMILES string of the molecule is Cc1cc(CN2Cc3c(ccnc3C(=O)Oc3ccccc3)C2=O)ccc1C(=O)OC(C)(C)C. The molecule has 1 aliphatic heterocycles. The normalized spacial score (nSPS) is 12.9. The van der Waals surface area contributed by atoms with Crippen molar-refractivity contribution in [3.05, 3.63) is 94.3 Å². The van der Waals surface area contributed by atoms with Crippen molar-refractivity contribution in [2.24, 2.45) is 0 Å². The summed E-state index contributed by atoms with van der Waals surface area (Å²) < 4.78 is 10.9. The third-order valence-corrected chi connectivity index (χ3v) is 5.35. The second kappa shape index (κ2) is 9.09. The van der Waals surface area contributed by atoms with E-state index in [0.717, 1.165) is 11.1 Å². The van der Waals surface area contributed by atoms with Gasteiger partial charge in [0.2, 0.25) is 0 Å². The molecule has 3 aromatic rings. The smallest absolute Gasteiger partial charge is 0.362 e. The minimum absolute atomic E-state index is 0.133. The zero-order valence-electron chi connectivity index (χ0n) is 19.6. The third-order valence-electron chi connectivity index (χ3n) is 5.35. The lowest BCUT2D eigenvalue weighted by atomic mass is 10.0. The van der Waals surface area contributed by atoms with E-state index in [9.17, 15) is 14.4 Å². The molecule has 0 atom stereocenters. The fraction of sp³-hybridized carbons (Fsp3) is 0.259. The Hall–Kier alpha value is -4.00. The number of fused-ring (bicyclic) bond motifs is 1. The zero-order valence-corrected chi connectivity index (χ0v) is 19.6. The minimum Gasteiger partial charge on any atom is -0.456 e. The van der Waals surface area contributed by atoms with Crippen molar-refractivity contribution in [2.75, 3.05) is 0 Å². The van der Waals surface area contributed by atoms with Crippen molar-refractivity contribution in [3.8, 4) is 5.75 Å². The lowest BCUT2D eigenvalue weighted by molar-refractivity contribution is 0.00683. The van der Waals surface area contributed by atoms with Gasteiger partial charge in [0, 0.05) is 30.4 Å². The Kier molecular flexibility index (Phi) is 6.20. The first-order valence-electron chi connectivity index (χ1n) is 11.0. The second-order valence-corrected chi connectivity index (χ2v) is 9.20. The number of carbonyl (C=O) groups excluding carboxylic acids is 3. The summed E-state index contributed by atoms with van der Waals surface area (Å²) in [6.07, 6.45) is 1.45. The van der Waals surface area contributed by atoms with E-state index in [0.29, 0.717) is 29.0 Å². The van der Waals surface area contributed by atoms with Crippen LogP contribution in [0.25, 0.3) is 0 Å². The van der Waals surface area contributed by atoms with Crippen molar-refractivity contribution >= 4 is 17.8 Å². The Morgan fingerprint density at radius 2 is 1.76 bits per heavy atom. The molecule has 0 bridgehead atoms. The van der Waals surface area contributed by atoms with Gasteiger partial charge in [0.05, 0.1) is 5.56 Å².